The third kappa shape index (κ3) is 6.18. The van der Waals surface area contributed by atoms with Crippen molar-refractivity contribution in [1.82, 2.24) is 19.6 Å². The molecule has 0 aliphatic carbocycles. The van der Waals surface area contributed by atoms with E-state index in [1.54, 1.807) is 24.3 Å². The summed E-state index contributed by atoms with van der Waals surface area (Å²) in [6.07, 6.45) is -4.11. The van der Waals surface area contributed by atoms with Gasteiger partial charge in [-0.1, -0.05) is 12.1 Å². The summed E-state index contributed by atoms with van der Waals surface area (Å²) >= 11 is 0.838. The molecule has 4 heterocycles. The number of fused-ring (bicyclic) bond motifs is 2. The number of alkyl halides is 6. The van der Waals surface area contributed by atoms with Crippen LogP contribution in [0, 0.1) is 0 Å². The Labute approximate surface area is 246 Å². The van der Waals surface area contributed by atoms with Crippen molar-refractivity contribution in [2.75, 3.05) is 26.2 Å². The van der Waals surface area contributed by atoms with Crippen LogP contribution in [0.15, 0.2) is 47.5 Å². The van der Waals surface area contributed by atoms with Crippen LogP contribution >= 0.6 is 11.8 Å². The number of amides is 2. The van der Waals surface area contributed by atoms with Crippen LogP contribution in [0.25, 0.3) is 17.0 Å². The van der Waals surface area contributed by atoms with Gasteiger partial charge in [-0.3, -0.25) is 24.1 Å². The van der Waals surface area contributed by atoms with Gasteiger partial charge in [-0.05, 0) is 79.0 Å². The number of imide groups is 1. The lowest BCUT2D eigenvalue weighted by atomic mass is 10.0. The van der Waals surface area contributed by atoms with Crippen molar-refractivity contribution in [1.29, 1.82) is 0 Å². The van der Waals surface area contributed by atoms with Crippen molar-refractivity contribution in [2.45, 2.75) is 50.3 Å². The van der Waals surface area contributed by atoms with E-state index in [-0.39, 0.29) is 34.4 Å². The molecule has 43 heavy (non-hydrogen) atoms. The molecule has 0 spiro atoms. The zero-order valence-electron chi connectivity index (χ0n) is 22.6. The van der Waals surface area contributed by atoms with Crippen LogP contribution in [-0.2, 0) is 28.4 Å². The Hall–Kier alpha value is -3.36. The summed E-state index contributed by atoms with van der Waals surface area (Å²) in [6.45, 7) is 2.35. The summed E-state index contributed by atoms with van der Waals surface area (Å²) in [5.41, 5.74) is -2.09. The third-order valence-electron chi connectivity index (χ3n) is 8.04. The molecule has 1 aromatic heterocycles. The normalized spacial score (nSPS) is 22.7. The number of hydrogen-bond acceptors (Lipinski definition) is 6. The van der Waals surface area contributed by atoms with Crippen LogP contribution in [0.2, 0.25) is 0 Å². The number of aromatic nitrogens is 2. The van der Waals surface area contributed by atoms with E-state index in [2.05, 4.69) is 10.00 Å². The van der Waals surface area contributed by atoms with E-state index in [1.807, 2.05) is 0 Å². The van der Waals surface area contributed by atoms with Gasteiger partial charge < -0.3 is 4.74 Å². The zero-order valence-corrected chi connectivity index (χ0v) is 23.4. The number of hydrogen-bond donors (Lipinski definition) is 0. The second-order valence-corrected chi connectivity index (χ2v) is 11.8. The minimum absolute atomic E-state index is 0.0401. The van der Waals surface area contributed by atoms with Crippen LogP contribution < -0.4 is 0 Å². The smallest absolute Gasteiger partial charge is 0.375 e. The summed E-state index contributed by atoms with van der Waals surface area (Å²) < 4.78 is 87.2. The van der Waals surface area contributed by atoms with Gasteiger partial charge in [-0.2, -0.15) is 31.4 Å². The topological polar surface area (TPSA) is 67.7 Å². The molecule has 0 radical (unpaired) electrons. The van der Waals surface area contributed by atoms with Gasteiger partial charge in [0.2, 0.25) is 0 Å². The number of thioether (sulfide) groups is 1. The lowest BCUT2D eigenvalue weighted by Gasteiger charge is -2.35. The molecule has 7 nitrogen and oxygen atoms in total. The molecule has 3 aliphatic heterocycles. The Morgan fingerprint density at radius 1 is 1.05 bits per heavy atom. The third-order valence-corrected chi connectivity index (χ3v) is 8.94. The number of benzene rings is 2. The maximum absolute atomic E-state index is 13.6. The molecule has 3 aliphatic rings. The van der Waals surface area contributed by atoms with E-state index in [9.17, 15) is 35.9 Å². The standard InChI is InChI=1S/C29H26F6N4O3S/c30-28(31,32)20-5-4-18(23(12-20)29(33,34)35)14-39-24-6-3-17(10-19(24)13-36-39)11-25-26(40)38(27(41)43-25)9-7-22-15-37-8-1-2-21(37)16-42-22/h3-6,10-13,21-22H,1-2,7-9,14-16H2/b25-11-. The van der Waals surface area contributed by atoms with Crippen molar-refractivity contribution in [3.05, 3.63) is 69.8 Å². The van der Waals surface area contributed by atoms with Gasteiger partial charge in [0.15, 0.2) is 0 Å². The van der Waals surface area contributed by atoms with E-state index in [0.29, 0.717) is 41.6 Å². The van der Waals surface area contributed by atoms with Crippen molar-refractivity contribution >= 4 is 39.9 Å². The minimum Gasteiger partial charge on any atom is -0.375 e. The highest BCUT2D eigenvalue weighted by Gasteiger charge is 2.39. The van der Waals surface area contributed by atoms with Crippen molar-refractivity contribution in [3.8, 4) is 0 Å². The predicted molar refractivity (Wildman–Crippen MR) is 147 cm³/mol. The first-order valence-corrected chi connectivity index (χ1v) is 14.5. The molecular formula is C29H26F6N4O3S. The lowest BCUT2D eigenvalue weighted by molar-refractivity contribution is -0.143. The van der Waals surface area contributed by atoms with Crippen molar-refractivity contribution < 1.29 is 40.7 Å². The maximum Gasteiger partial charge on any atom is 0.416 e. The molecule has 3 fully saturated rings. The Morgan fingerprint density at radius 3 is 2.63 bits per heavy atom. The molecule has 0 saturated carbocycles. The minimum atomic E-state index is -4.99. The van der Waals surface area contributed by atoms with Crippen LogP contribution in [0.5, 0.6) is 0 Å². The number of carbonyl (C=O) groups excluding carboxylic acids is 2. The summed E-state index contributed by atoms with van der Waals surface area (Å²) in [6, 6.07) is 6.90. The molecule has 3 aromatic rings. The molecular weight excluding hydrogens is 598 g/mol. The Kier molecular flexibility index (Phi) is 7.80. The molecule has 2 atom stereocenters. The molecule has 2 unspecified atom stereocenters. The highest BCUT2D eigenvalue weighted by molar-refractivity contribution is 8.18. The molecule has 2 aromatic carbocycles. The zero-order chi connectivity index (χ0) is 30.5. The lowest BCUT2D eigenvalue weighted by Crippen LogP contribution is -2.47. The maximum atomic E-state index is 13.6. The first kappa shape index (κ1) is 29.7. The highest BCUT2D eigenvalue weighted by Crippen LogP contribution is 2.38. The summed E-state index contributed by atoms with van der Waals surface area (Å²) in [4.78, 5) is 29.5. The number of ether oxygens (including phenoxy) is 1. The average Bonchev–Trinajstić information content (AvgIpc) is 3.64. The fourth-order valence-electron chi connectivity index (χ4n) is 5.81. The number of rotatable bonds is 6. The molecule has 6 rings (SSSR count). The van der Waals surface area contributed by atoms with E-state index >= 15 is 0 Å². The van der Waals surface area contributed by atoms with Crippen LogP contribution in [0.4, 0.5) is 31.1 Å². The van der Waals surface area contributed by atoms with Crippen molar-refractivity contribution in [2.24, 2.45) is 0 Å². The molecule has 0 N–H and O–H groups in total. The van der Waals surface area contributed by atoms with Crippen LogP contribution in [-0.4, -0.2) is 69.1 Å². The largest absolute Gasteiger partial charge is 0.416 e. The van der Waals surface area contributed by atoms with E-state index in [1.165, 1.54) is 15.8 Å². The van der Waals surface area contributed by atoms with Gasteiger partial charge in [0.05, 0.1) is 47.0 Å². The van der Waals surface area contributed by atoms with Gasteiger partial charge in [-0.15, -0.1) is 0 Å². The molecule has 3 saturated heterocycles. The fraction of sp³-hybridized carbons (Fsp3) is 0.414. The summed E-state index contributed by atoms with van der Waals surface area (Å²) in [5, 5.41) is 4.32. The van der Waals surface area contributed by atoms with Crippen LogP contribution in [0.1, 0.15) is 41.5 Å². The number of morpholine rings is 1. The van der Waals surface area contributed by atoms with E-state index in [0.717, 1.165) is 43.8 Å². The van der Waals surface area contributed by atoms with Gasteiger partial charge in [0.25, 0.3) is 11.1 Å². The quantitative estimate of drug-likeness (QED) is 0.233. The highest BCUT2D eigenvalue weighted by atomic mass is 32.2. The monoisotopic (exact) mass is 624 g/mol. The summed E-state index contributed by atoms with van der Waals surface area (Å²) in [7, 11) is 0. The Bertz CT molecular complexity index is 1600. The molecule has 228 valence electrons. The molecule has 0 bridgehead atoms. The molecule has 2 amide bonds. The summed E-state index contributed by atoms with van der Waals surface area (Å²) in [5.74, 6) is -0.400. The number of carbonyl (C=O) groups is 2. The first-order chi connectivity index (χ1) is 20.4. The molecule has 14 heteroatoms. The fourth-order valence-corrected chi connectivity index (χ4v) is 6.68. The van der Waals surface area contributed by atoms with Gasteiger partial charge in [0, 0.05) is 24.5 Å². The second-order valence-electron chi connectivity index (χ2n) is 10.9. The van der Waals surface area contributed by atoms with Gasteiger partial charge >= 0.3 is 12.4 Å². The SMILES string of the molecule is O=C1S/C(=C\c2ccc3c(cnn3Cc3ccc(C(F)(F)F)cc3C(F)(F)F)c2)C(=O)N1CCC1CN2CCCC2CO1. The Morgan fingerprint density at radius 2 is 1.86 bits per heavy atom. The predicted octanol–water partition coefficient (Wildman–Crippen LogP) is 6.41. The average molecular weight is 625 g/mol. The van der Waals surface area contributed by atoms with Crippen LogP contribution in [0.3, 0.4) is 0 Å². The van der Waals surface area contributed by atoms with E-state index in [4.69, 9.17) is 4.74 Å². The van der Waals surface area contributed by atoms with Crippen molar-refractivity contribution in [3.63, 3.8) is 0 Å². The number of nitrogens with zero attached hydrogens (tertiary/aromatic N) is 4. The number of halogens is 6. The Balaban J connectivity index is 1.15. The van der Waals surface area contributed by atoms with E-state index < -0.39 is 35.9 Å². The first-order valence-electron chi connectivity index (χ1n) is 13.7. The van der Waals surface area contributed by atoms with Gasteiger partial charge in [0.1, 0.15) is 0 Å². The van der Waals surface area contributed by atoms with Gasteiger partial charge in [-0.25, -0.2) is 0 Å². The second kappa shape index (κ2) is 11.3.